The van der Waals surface area contributed by atoms with Crippen molar-refractivity contribution in [2.24, 2.45) is 0 Å². The normalized spacial score (nSPS) is 23.3. The van der Waals surface area contributed by atoms with Gasteiger partial charge in [-0.1, -0.05) is 42.0 Å². The molecule has 0 unspecified atom stereocenters. The van der Waals surface area contributed by atoms with E-state index >= 15 is 0 Å². The monoisotopic (exact) mass is 416 g/mol. The van der Waals surface area contributed by atoms with Crippen molar-refractivity contribution in [3.05, 3.63) is 70.9 Å². The summed E-state index contributed by atoms with van der Waals surface area (Å²) in [7, 11) is 0. The van der Waals surface area contributed by atoms with Crippen molar-refractivity contribution in [1.29, 1.82) is 0 Å². The summed E-state index contributed by atoms with van der Waals surface area (Å²) in [5, 5.41) is 7.65. The second kappa shape index (κ2) is 7.85. The van der Waals surface area contributed by atoms with Gasteiger partial charge in [-0.2, -0.15) is 0 Å². The second-order valence-corrected chi connectivity index (χ2v) is 8.87. The molecular weight excluding hydrogens is 388 g/mol. The molecule has 3 aromatic rings. The number of aromatic amines is 1. The van der Waals surface area contributed by atoms with Gasteiger partial charge in [-0.05, 0) is 43.0 Å². The van der Waals surface area contributed by atoms with Crippen molar-refractivity contribution < 1.29 is 9.59 Å². The Morgan fingerprint density at radius 1 is 1.10 bits per heavy atom. The van der Waals surface area contributed by atoms with Crippen LogP contribution in [0.5, 0.6) is 0 Å². The van der Waals surface area contributed by atoms with Crippen LogP contribution in [0.25, 0.3) is 10.9 Å². The molecule has 1 aromatic heterocycles. The van der Waals surface area contributed by atoms with E-state index in [2.05, 4.69) is 47.7 Å². The molecule has 3 heterocycles. The average Bonchev–Trinajstić information content (AvgIpc) is 3.38. The lowest BCUT2D eigenvalue weighted by Crippen LogP contribution is -2.61. The number of benzene rings is 2. The predicted octanol–water partition coefficient (Wildman–Crippen LogP) is 2.58. The first-order chi connectivity index (χ1) is 15.0. The maximum absolute atomic E-state index is 13.2. The van der Waals surface area contributed by atoms with Gasteiger partial charge >= 0.3 is 0 Å². The van der Waals surface area contributed by atoms with Crippen LogP contribution in [0.3, 0.4) is 0 Å². The highest BCUT2D eigenvalue weighted by Gasteiger charge is 2.46. The van der Waals surface area contributed by atoms with Gasteiger partial charge in [-0.25, -0.2) is 0 Å². The van der Waals surface area contributed by atoms with Crippen molar-refractivity contribution in [3.8, 4) is 0 Å². The first kappa shape index (κ1) is 19.8. The molecule has 0 aliphatic carbocycles. The Hall–Kier alpha value is -3.12. The third-order valence-electron chi connectivity index (χ3n) is 6.69. The number of piperazine rings is 1. The van der Waals surface area contributed by atoms with Gasteiger partial charge in [0.25, 0.3) is 0 Å². The lowest BCUT2D eigenvalue weighted by atomic mass is 10.0. The van der Waals surface area contributed by atoms with Crippen molar-refractivity contribution in [2.75, 3.05) is 6.54 Å². The Labute approximate surface area is 182 Å². The van der Waals surface area contributed by atoms with Gasteiger partial charge in [0.2, 0.25) is 11.8 Å². The highest BCUT2D eigenvalue weighted by Crippen LogP contribution is 2.26. The fourth-order valence-corrected chi connectivity index (χ4v) is 4.91. The number of hydrogen-bond donors (Lipinski definition) is 3. The van der Waals surface area contributed by atoms with Crippen LogP contribution in [-0.2, 0) is 22.6 Å². The number of aryl methyl sites for hydroxylation is 2. The standard InChI is InChI=1S/C25H28N4O2/c1-15-7-8-16(2)17(9-15)12-26-19-11-23-24(30)28-22(25(31)29(23)14-19)10-18-13-27-21-6-4-3-5-20(18)21/h3-9,13,19,22-23,26-27H,10-12,14H2,1-2H3,(H,28,30)/t19-,22-,23-/m0/s1. The Morgan fingerprint density at radius 3 is 2.81 bits per heavy atom. The molecule has 2 amide bonds. The van der Waals surface area contributed by atoms with Crippen molar-refractivity contribution in [2.45, 2.75) is 51.4 Å². The van der Waals surface area contributed by atoms with Gasteiger partial charge in [0.15, 0.2) is 0 Å². The zero-order chi connectivity index (χ0) is 21.5. The molecule has 0 radical (unpaired) electrons. The molecule has 2 aliphatic heterocycles. The molecule has 5 rings (SSSR count). The SMILES string of the molecule is Cc1ccc(C)c(CN[C@H]2C[C@H]3C(=O)N[C@@H](Cc4c[nH]c5ccccc45)C(=O)N3C2)c1. The second-order valence-electron chi connectivity index (χ2n) is 8.87. The number of carbonyl (C=O) groups excluding carboxylic acids is 2. The van der Waals surface area contributed by atoms with Crippen molar-refractivity contribution >= 4 is 22.7 Å². The van der Waals surface area contributed by atoms with Gasteiger partial charge in [-0.15, -0.1) is 0 Å². The first-order valence-electron chi connectivity index (χ1n) is 10.9. The molecule has 160 valence electrons. The highest BCUT2D eigenvalue weighted by molar-refractivity contribution is 5.98. The van der Waals surface area contributed by atoms with Crippen LogP contribution >= 0.6 is 0 Å². The van der Waals surface area contributed by atoms with Gasteiger partial charge in [0.1, 0.15) is 12.1 Å². The van der Waals surface area contributed by atoms with E-state index in [1.54, 1.807) is 4.90 Å². The maximum atomic E-state index is 13.2. The first-order valence-corrected chi connectivity index (χ1v) is 10.9. The molecule has 0 bridgehead atoms. The van der Waals surface area contributed by atoms with E-state index in [1.807, 2.05) is 30.5 Å². The van der Waals surface area contributed by atoms with Crippen LogP contribution in [-0.4, -0.2) is 46.4 Å². The molecular formula is C25H28N4O2. The third-order valence-corrected chi connectivity index (χ3v) is 6.69. The fourth-order valence-electron chi connectivity index (χ4n) is 4.91. The molecule has 2 aliphatic rings. The van der Waals surface area contributed by atoms with E-state index in [0.29, 0.717) is 19.4 Å². The zero-order valence-electron chi connectivity index (χ0n) is 17.9. The summed E-state index contributed by atoms with van der Waals surface area (Å²) in [4.78, 5) is 31.0. The number of amides is 2. The molecule has 2 fully saturated rings. The number of aromatic nitrogens is 1. The van der Waals surface area contributed by atoms with Gasteiger partial charge in [-0.3, -0.25) is 9.59 Å². The van der Waals surface area contributed by atoms with E-state index in [4.69, 9.17) is 0 Å². The lowest BCUT2D eigenvalue weighted by molar-refractivity contribution is -0.146. The molecule has 3 N–H and O–H groups in total. The summed E-state index contributed by atoms with van der Waals surface area (Å²) in [5.41, 5.74) is 5.85. The molecule has 31 heavy (non-hydrogen) atoms. The van der Waals surface area contributed by atoms with E-state index in [-0.39, 0.29) is 23.9 Å². The molecule has 6 heteroatoms. The van der Waals surface area contributed by atoms with E-state index in [1.165, 1.54) is 16.7 Å². The summed E-state index contributed by atoms with van der Waals surface area (Å²) in [5.74, 6) is -0.0219. The Bertz CT molecular complexity index is 1150. The fraction of sp³-hybridized carbons (Fsp3) is 0.360. The summed E-state index contributed by atoms with van der Waals surface area (Å²) < 4.78 is 0. The van der Waals surface area contributed by atoms with E-state index < -0.39 is 6.04 Å². The quantitative estimate of drug-likeness (QED) is 0.598. The number of carbonyl (C=O) groups is 2. The van der Waals surface area contributed by atoms with Crippen LogP contribution in [0.1, 0.15) is 28.7 Å². The van der Waals surface area contributed by atoms with Crippen LogP contribution < -0.4 is 10.6 Å². The summed E-state index contributed by atoms with van der Waals surface area (Å²) >= 11 is 0. The van der Waals surface area contributed by atoms with Crippen LogP contribution in [0.2, 0.25) is 0 Å². The molecule has 0 saturated carbocycles. The van der Waals surface area contributed by atoms with Gasteiger partial charge < -0.3 is 20.5 Å². The van der Waals surface area contributed by atoms with Gasteiger partial charge in [0.05, 0.1) is 0 Å². The number of nitrogens with one attached hydrogen (secondary N) is 3. The summed E-state index contributed by atoms with van der Waals surface area (Å²) in [6.45, 7) is 5.52. The van der Waals surface area contributed by atoms with E-state index in [9.17, 15) is 9.59 Å². The number of para-hydroxylation sites is 1. The summed E-state index contributed by atoms with van der Waals surface area (Å²) in [6.07, 6.45) is 3.09. The molecule has 3 atom stereocenters. The van der Waals surface area contributed by atoms with Gasteiger partial charge in [0, 0.05) is 42.7 Å². The Kier molecular flexibility index (Phi) is 5.02. The summed E-state index contributed by atoms with van der Waals surface area (Å²) in [6, 6.07) is 13.7. The predicted molar refractivity (Wildman–Crippen MR) is 121 cm³/mol. The third kappa shape index (κ3) is 3.72. The number of nitrogens with zero attached hydrogens (tertiary/aromatic N) is 1. The Morgan fingerprint density at radius 2 is 1.94 bits per heavy atom. The van der Waals surface area contributed by atoms with Crippen LogP contribution in [0.15, 0.2) is 48.7 Å². The Balaban J connectivity index is 1.27. The number of hydrogen-bond acceptors (Lipinski definition) is 3. The number of H-pyrrole nitrogens is 1. The largest absolute Gasteiger partial charge is 0.361 e. The minimum Gasteiger partial charge on any atom is -0.361 e. The topological polar surface area (TPSA) is 77.2 Å². The number of fused-ring (bicyclic) bond motifs is 2. The minimum absolute atomic E-state index is 0.0194. The molecule has 6 nitrogen and oxygen atoms in total. The average molecular weight is 417 g/mol. The number of rotatable bonds is 5. The zero-order valence-corrected chi connectivity index (χ0v) is 17.9. The molecule has 2 saturated heterocycles. The van der Waals surface area contributed by atoms with Crippen LogP contribution in [0, 0.1) is 13.8 Å². The van der Waals surface area contributed by atoms with Crippen molar-refractivity contribution in [3.63, 3.8) is 0 Å². The van der Waals surface area contributed by atoms with Crippen LogP contribution in [0.4, 0.5) is 0 Å². The minimum atomic E-state index is -0.513. The lowest BCUT2D eigenvalue weighted by Gasteiger charge is -2.34. The van der Waals surface area contributed by atoms with E-state index in [0.717, 1.165) is 23.0 Å². The highest BCUT2D eigenvalue weighted by atomic mass is 16.2. The maximum Gasteiger partial charge on any atom is 0.246 e. The molecule has 2 aromatic carbocycles. The molecule has 0 spiro atoms. The van der Waals surface area contributed by atoms with Crippen molar-refractivity contribution in [1.82, 2.24) is 20.5 Å². The smallest absolute Gasteiger partial charge is 0.246 e.